The van der Waals surface area contributed by atoms with Crippen LogP contribution in [0, 0.1) is 17.5 Å². The van der Waals surface area contributed by atoms with Gasteiger partial charge in [-0.1, -0.05) is 30.3 Å². The SMILES string of the molecule is O=C1CCCN1c1cc(S(=O)(=O)Nc2c(F)cc(F)cc2F)cc2c1N(C(=O)OCc1ccccc1)CC2. The summed E-state index contributed by atoms with van der Waals surface area (Å²) in [6.07, 6.45) is 0.375. The second-order valence-electron chi connectivity index (χ2n) is 8.89. The monoisotopic (exact) mass is 545 g/mol. The van der Waals surface area contributed by atoms with E-state index in [9.17, 15) is 31.2 Å². The van der Waals surface area contributed by atoms with Crippen LogP contribution >= 0.6 is 0 Å². The second-order valence-corrected chi connectivity index (χ2v) is 10.6. The van der Waals surface area contributed by atoms with Crippen molar-refractivity contribution >= 4 is 39.1 Å². The molecule has 3 aromatic rings. The zero-order chi connectivity index (χ0) is 27.0. The summed E-state index contributed by atoms with van der Waals surface area (Å²) in [5.74, 6) is -4.30. The van der Waals surface area contributed by atoms with Crippen molar-refractivity contribution in [3.05, 3.63) is 83.2 Å². The molecule has 0 saturated carbocycles. The molecule has 1 N–H and O–H groups in total. The van der Waals surface area contributed by atoms with Gasteiger partial charge in [0, 0.05) is 31.6 Å². The summed E-state index contributed by atoms with van der Waals surface area (Å²) in [6.45, 7) is 0.501. The van der Waals surface area contributed by atoms with E-state index in [4.69, 9.17) is 4.74 Å². The number of rotatable bonds is 6. The number of fused-ring (bicyclic) bond motifs is 1. The van der Waals surface area contributed by atoms with Crippen molar-refractivity contribution in [3.8, 4) is 0 Å². The van der Waals surface area contributed by atoms with E-state index in [1.54, 1.807) is 12.1 Å². The van der Waals surface area contributed by atoms with E-state index in [1.807, 2.05) is 22.9 Å². The van der Waals surface area contributed by atoms with E-state index in [1.165, 1.54) is 21.9 Å². The molecule has 0 radical (unpaired) electrons. The summed E-state index contributed by atoms with van der Waals surface area (Å²) < 4.78 is 75.3. The molecule has 2 aliphatic heterocycles. The molecule has 1 fully saturated rings. The summed E-state index contributed by atoms with van der Waals surface area (Å²) >= 11 is 0. The summed E-state index contributed by atoms with van der Waals surface area (Å²) in [6, 6.07) is 12.2. The number of ether oxygens (including phenoxy) is 1. The van der Waals surface area contributed by atoms with Crippen LogP contribution in [0.4, 0.5) is 35.0 Å². The zero-order valence-electron chi connectivity index (χ0n) is 19.9. The van der Waals surface area contributed by atoms with Crippen LogP contribution in [0.1, 0.15) is 24.0 Å². The highest BCUT2D eigenvalue weighted by Gasteiger charge is 2.35. The summed E-state index contributed by atoms with van der Waals surface area (Å²) in [4.78, 5) is 28.0. The summed E-state index contributed by atoms with van der Waals surface area (Å²) in [5.41, 5.74) is 0.718. The van der Waals surface area contributed by atoms with Crippen molar-refractivity contribution in [1.29, 1.82) is 0 Å². The van der Waals surface area contributed by atoms with Gasteiger partial charge in [-0.05, 0) is 36.1 Å². The molecule has 2 aliphatic rings. The van der Waals surface area contributed by atoms with Gasteiger partial charge in [0.2, 0.25) is 5.91 Å². The van der Waals surface area contributed by atoms with Crippen LogP contribution in [-0.2, 0) is 32.6 Å². The van der Waals surface area contributed by atoms with E-state index < -0.39 is 39.3 Å². The number of anilines is 3. The minimum atomic E-state index is -4.57. The maximum atomic E-state index is 14.2. The fourth-order valence-corrected chi connectivity index (χ4v) is 5.72. The quantitative estimate of drug-likeness (QED) is 0.483. The third kappa shape index (κ3) is 4.91. The maximum Gasteiger partial charge on any atom is 0.414 e. The van der Waals surface area contributed by atoms with Gasteiger partial charge in [0.1, 0.15) is 18.1 Å². The Labute approximate surface area is 216 Å². The van der Waals surface area contributed by atoms with E-state index in [-0.39, 0.29) is 42.5 Å². The van der Waals surface area contributed by atoms with Crippen molar-refractivity contribution in [2.75, 3.05) is 27.6 Å². The number of benzene rings is 3. The highest BCUT2D eigenvalue weighted by atomic mass is 32.2. The van der Waals surface area contributed by atoms with E-state index in [0.717, 1.165) is 5.56 Å². The third-order valence-corrected chi connectivity index (χ3v) is 7.69. The number of carbonyl (C=O) groups is 2. The molecule has 0 bridgehead atoms. The number of hydrogen-bond acceptors (Lipinski definition) is 5. The molecule has 8 nitrogen and oxygen atoms in total. The van der Waals surface area contributed by atoms with Gasteiger partial charge >= 0.3 is 6.09 Å². The maximum absolute atomic E-state index is 14.2. The normalized spacial score (nSPS) is 15.1. The molecule has 0 spiro atoms. The third-order valence-electron chi connectivity index (χ3n) is 6.36. The first-order valence-corrected chi connectivity index (χ1v) is 13.3. The molecule has 0 aromatic heterocycles. The van der Waals surface area contributed by atoms with Gasteiger partial charge in [0.25, 0.3) is 10.0 Å². The number of carbonyl (C=O) groups excluding carboxylic acids is 2. The Morgan fingerprint density at radius 3 is 2.34 bits per heavy atom. The molecule has 5 rings (SSSR count). The average molecular weight is 546 g/mol. The minimum absolute atomic E-state index is 0.0225. The Morgan fingerprint density at radius 1 is 0.974 bits per heavy atom. The van der Waals surface area contributed by atoms with Crippen LogP contribution in [0.5, 0.6) is 0 Å². The predicted octanol–water partition coefficient (Wildman–Crippen LogP) is 4.73. The Morgan fingerprint density at radius 2 is 1.68 bits per heavy atom. The molecule has 3 aromatic carbocycles. The second kappa shape index (κ2) is 10.0. The first-order chi connectivity index (χ1) is 18.1. The fourth-order valence-electron chi connectivity index (χ4n) is 4.57. The van der Waals surface area contributed by atoms with Gasteiger partial charge < -0.3 is 9.64 Å². The zero-order valence-corrected chi connectivity index (χ0v) is 20.7. The predicted molar refractivity (Wildman–Crippen MR) is 133 cm³/mol. The van der Waals surface area contributed by atoms with Crippen molar-refractivity contribution in [2.24, 2.45) is 0 Å². The smallest absolute Gasteiger partial charge is 0.414 e. The number of nitrogens with one attached hydrogen (secondary N) is 1. The molecule has 12 heteroatoms. The first-order valence-electron chi connectivity index (χ1n) is 11.8. The van der Waals surface area contributed by atoms with Gasteiger partial charge in [0.05, 0.1) is 16.3 Å². The van der Waals surface area contributed by atoms with Gasteiger partial charge in [0.15, 0.2) is 11.6 Å². The van der Waals surface area contributed by atoms with Crippen LogP contribution in [0.2, 0.25) is 0 Å². The van der Waals surface area contributed by atoms with Crippen LogP contribution in [-0.4, -0.2) is 33.5 Å². The number of amides is 2. The number of sulfonamides is 1. The number of hydrogen-bond donors (Lipinski definition) is 1. The molecule has 2 heterocycles. The van der Waals surface area contributed by atoms with Crippen molar-refractivity contribution in [1.82, 2.24) is 0 Å². The molecule has 1 saturated heterocycles. The Balaban J connectivity index is 1.51. The summed E-state index contributed by atoms with van der Waals surface area (Å²) in [5, 5.41) is 0. The Bertz CT molecular complexity index is 1510. The molecular weight excluding hydrogens is 523 g/mol. The first kappa shape index (κ1) is 25.6. The Hall–Kier alpha value is -4.06. The number of halogens is 3. The minimum Gasteiger partial charge on any atom is -0.444 e. The molecule has 2 amide bonds. The lowest BCUT2D eigenvalue weighted by Crippen LogP contribution is -2.32. The fraction of sp³-hybridized carbons (Fsp3) is 0.231. The molecule has 0 aliphatic carbocycles. The largest absolute Gasteiger partial charge is 0.444 e. The molecular formula is C26H22F3N3O5S. The van der Waals surface area contributed by atoms with Crippen molar-refractivity contribution in [3.63, 3.8) is 0 Å². The van der Waals surface area contributed by atoms with Gasteiger partial charge in [-0.15, -0.1) is 0 Å². The van der Waals surface area contributed by atoms with Gasteiger partial charge in [-0.25, -0.2) is 26.4 Å². The highest BCUT2D eigenvalue weighted by Crippen LogP contribution is 2.42. The highest BCUT2D eigenvalue weighted by molar-refractivity contribution is 7.92. The van der Waals surface area contributed by atoms with Crippen molar-refractivity contribution < 1.29 is 35.9 Å². The van der Waals surface area contributed by atoms with Gasteiger partial charge in [-0.3, -0.25) is 14.4 Å². The lowest BCUT2D eigenvalue weighted by atomic mass is 10.1. The standard InChI is InChI=1S/C26H22F3N3O5S/c27-18-12-20(28)24(21(29)13-18)30-38(35,36)19-11-17-8-10-32(26(34)37-15-16-5-2-1-3-6-16)25(17)22(14-19)31-9-4-7-23(31)33/h1-3,5-6,11-14,30H,4,7-10,15H2. The molecule has 0 unspecified atom stereocenters. The van der Waals surface area contributed by atoms with Gasteiger partial charge in [-0.2, -0.15) is 0 Å². The summed E-state index contributed by atoms with van der Waals surface area (Å²) in [7, 11) is -4.57. The van der Waals surface area contributed by atoms with Crippen LogP contribution in [0.3, 0.4) is 0 Å². The molecule has 0 atom stereocenters. The molecule has 198 valence electrons. The van der Waals surface area contributed by atoms with E-state index >= 15 is 0 Å². The van der Waals surface area contributed by atoms with Crippen LogP contribution in [0.15, 0.2) is 59.5 Å². The topological polar surface area (TPSA) is 96.0 Å². The van der Waals surface area contributed by atoms with Crippen LogP contribution in [0.25, 0.3) is 0 Å². The van der Waals surface area contributed by atoms with E-state index in [0.29, 0.717) is 36.3 Å². The Kier molecular flexibility index (Phi) is 6.74. The van der Waals surface area contributed by atoms with Crippen LogP contribution < -0.4 is 14.5 Å². The van der Waals surface area contributed by atoms with Crippen molar-refractivity contribution in [2.45, 2.75) is 30.8 Å². The number of nitrogens with zero attached hydrogens (tertiary/aromatic N) is 2. The average Bonchev–Trinajstić information content (AvgIpc) is 3.51. The van der Waals surface area contributed by atoms with E-state index in [2.05, 4.69) is 0 Å². The lowest BCUT2D eigenvalue weighted by Gasteiger charge is -2.25. The molecule has 38 heavy (non-hydrogen) atoms. The lowest BCUT2D eigenvalue weighted by molar-refractivity contribution is -0.117.